The number of benzene rings is 1. The maximum absolute atomic E-state index is 3.41. The Hall–Kier alpha value is -0.860. The molecule has 2 rings (SSSR count). The molecule has 1 saturated heterocycles. The first-order valence-electron chi connectivity index (χ1n) is 7.17. The van der Waals surface area contributed by atoms with Crippen molar-refractivity contribution in [1.82, 2.24) is 10.2 Å². The fraction of sp³-hybridized carbons (Fsp3) is 0.625. The van der Waals surface area contributed by atoms with Gasteiger partial charge in [0.2, 0.25) is 0 Å². The van der Waals surface area contributed by atoms with Crippen LogP contribution in [0.3, 0.4) is 0 Å². The van der Waals surface area contributed by atoms with Gasteiger partial charge >= 0.3 is 0 Å². The first kappa shape index (κ1) is 13.6. The molecule has 0 aromatic heterocycles. The van der Waals surface area contributed by atoms with Crippen molar-refractivity contribution in [3.63, 3.8) is 0 Å². The van der Waals surface area contributed by atoms with Crippen LogP contribution in [0.15, 0.2) is 18.2 Å². The van der Waals surface area contributed by atoms with Crippen LogP contribution in [0.2, 0.25) is 0 Å². The van der Waals surface area contributed by atoms with Gasteiger partial charge in [0, 0.05) is 26.2 Å². The van der Waals surface area contributed by atoms with E-state index < -0.39 is 0 Å². The summed E-state index contributed by atoms with van der Waals surface area (Å²) in [6.07, 6.45) is 1.27. The smallest absolute Gasteiger partial charge is 0.0107 e. The lowest BCUT2D eigenvalue weighted by atomic mass is 9.94. The van der Waals surface area contributed by atoms with Gasteiger partial charge in [0.25, 0.3) is 0 Å². The second-order valence-corrected chi connectivity index (χ2v) is 5.63. The molecule has 0 spiro atoms. The van der Waals surface area contributed by atoms with Crippen molar-refractivity contribution >= 4 is 0 Å². The van der Waals surface area contributed by atoms with E-state index >= 15 is 0 Å². The quantitative estimate of drug-likeness (QED) is 0.879. The minimum atomic E-state index is 0.666. The van der Waals surface area contributed by atoms with E-state index in [1.165, 1.54) is 42.7 Å². The molecule has 0 bridgehead atoms. The molecule has 1 unspecified atom stereocenters. The maximum atomic E-state index is 3.41. The molecule has 1 atom stereocenters. The molecule has 1 N–H and O–H groups in total. The first-order valence-corrected chi connectivity index (χ1v) is 7.17. The summed E-state index contributed by atoms with van der Waals surface area (Å²) in [5.74, 6) is 0.666. The molecule has 2 heteroatoms. The number of hydrogen-bond donors (Lipinski definition) is 1. The largest absolute Gasteiger partial charge is 0.314 e. The fourth-order valence-corrected chi connectivity index (χ4v) is 2.55. The van der Waals surface area contributed by atoms with E-state index in [9.17, 15) is 0 Å². The molecule has 1 aliphatic heterocycles. The van der Waals surface area contributed by atoms with Gasteiger partial charge in [0.05, 0.1) is 0 Å². The average molecular weight is 246 g/mol. The molecule has 0 amide bonds. The van der Waals surface area contributed by atoms with E-state index in [2.05, 4.69) is 49.2 Å². The minimum absolute atomic E-state index is 0.666. The molecule has 0 aliphatic carbocycles. The van der Waals surface area contributed by atoms with Crippen molar-refractivity contribution in [2.45, 2.75) is 33.1 Å². The summed E-state index contributed by atoms with van der Waals surface area (Å²) in [7, 11) is 0. The van der Waals surface area contributed by atoms with Crippen molar-refractivity contribution in [1.29, 1.82) is 0 Å². The van der Waals surface area contributed by atoms with E-state index in [0.29, 0.717) is 5.92 Å². The molecule has 100 valence electrons. The van der Waals surface area contributed by atoms with Crippen molar-refractivity contribution in [2.75, 3.05) is 32.7 Å². The predicted octanol–water partition coefficient (Wildman–Crippen LogP) is 2.70. The molecular weight excluding hydrogens is 220 g/mol. The number of hydrogen-bond acceptors (Lipinski definition) is 2. The zero-order valence-electron chi connectivity index (χ0n) is 12.0. The van der Waals surface area contributed by atoms with Crippen molar-refractivity contribution in [3.8, 4) is 0 Å². The third-order valence-electron chi connectivity index (χ3n) is 4.19. The monoisotopic (exact) mass is 246 g/mol. The highest BCUT2D eigenvalue weighted by Gasteiger charge is 2.12. The summed E-state index contributed by atoms with van der Waals surface area (Å²) < 4.78 is 0. The molecule has 18 heavy (non-hydrogen) atoms. The Morgan fingerprint density at radius 1 is 1.17 bits per heavy atom. The zero-order valence-corrected chi connectivity index (χ0v) is 12.0. The Morgan fingerprint density at radius 3 is 2.56 bits per heavy atom. The van der Waals surface area contributed by atoms with Gasteiger partial charge in [-0.25, -0.2) is 0 Å². The van der Waals surface area contributed by atoms with Gasteiger partial charge in [0.1, 0.15) is 0 Å². The third kappa shape index (κ3) is 3.56. The highest BCUT2D eigenvalue weighted by atomic mass is 15.2. The number of piperazine rings is 1. The van der Waals surface area contributed by atoms with Gasteiger partial charge in [-0.15, -0.1) is 0 Å². The van der Waals surface area contributed by atoms with Crippen LogP contribution in [0.5, 0.6) is 0 Å². The number of nitrogens with one attached hydrogen (secondary N) is 1. The normalized spacial score (nSPS) is 18.8. The van der Waals surface area contributed by atoms with E-state index in [4.69, 9.17) is 0 Å². The van der Waals surface area contributed by atoms with Crippen molar-refractivity contribution in [2.24, 2.45) is 0 Å². The Labute approximate surface area is 111 Å². The fourth-order valence-electron chi connectivity index (χ4n) is 2.55. The SMILES string of the molecule is Cc1ccc(C(C)CCN2CCNCC2)cc1C. The lowest BCUT2D eigenvalue weighted by Crippen LogP contribution is -2.43. The van der Waals surface area contributed by atoms with Gasteiger partial charge in [-0.2, -0.15) is 0 Å². The zero-order chi connectivity index (χ0) is 13.0. The first-order chi connectivity index (χ1) is 8.66. The number of aryl methyl sites for hydroxylation is 2. The molecule has 1 aliphatic rings. The lowest BCUT2D eigenvalue weighted by Gasteiger charge is -2.28. The van der Waals surface area contributed by atoms with E-state index in [-0.39, 0.29) is 0 Å². The summed E-state index contributed by atoms with van der Waals surface area (Å²) in [6.45, 7) is 12.7. The van der Waals surface area contributed by atoms with Crippen LogP contribution in [-0.4, -0.2) is 37.6 Å². The summed E-state index contributed by atoms with van der Waals surface area (Å²) in [6, 6.07) is 6.91. The second-order valence-electron chi connectivity index (χ2n) is 5.63. The Balaban J connectivity index is 1.86. The second kappa shape index (κ2) is 6.35. The van der Waals surface area contributed by atoms with Crippen LogP contribution < -0.4 is 5.32 Å². The molecule has 1 aromatic carbocycles. The van der Waals surface area contributed by atoms with Gasteiger partial charge in [-0.05, 0) is 49.4 Å². The maximum Gasteiger partial charge on any atom is 0.0107 e. The Kier molecular flexibility index (Phi) is 4.79. The topological polar surface area (TPSA) is 15.3 Å². The standard InChI is InChI=1S/C16H26N2/c1-13-4-5-16(12-15(13)3)14(2)6-9-18-10-7-17-8-11-18/h4-5,12,14,17H,6-11H2,1-3H3. The van der Waals surface area contributed by atoms with E-state index in [1.54, 1.807) is 0 Å². The van der Waals surface area contributed by atoms with Crippen LogP contribution in [0.4, 0.5) is 0 Å². The highest BCUT2D eigenvalue weighted by molar-refractivity contribution is 5.31. The van der Waals surface area contributed by atoms with Crippen molar-refractivity contribution in [3.05, 3.63) is 34.9 Å². The number of rotatable bonds is 4. The molecule has 1 heterocycles. The predicted molar refractivity (Wildman–Crippen MR) is 78.3 cm³/mol. The van der Waals surface area contributed by atoms with Crippen LogP contribution in [0, 0.1) is 13.8 Å². The van der Waals surface area contributed by atoms with Crippen molar-refractivity contribution < 1.29 is 0 Å². The minimum Gasteiger partial charge on any atom is -0.314 e. The summed E-state index contributed by atoms with van der Waals surface area (Å²) in [4.78, 5) is 2.58. The summed E-state index contributed by atoms with van der Waals surface area (Å²) in [5, 5.41) is 3.41. The van der Waals surface area contributed by atoms with Gasteiger partial charge in [0.15, 0.2) is 0 Å². The Morgan fingerprint density at radius 2 is 1.89 bits per heavy atom. The Bertz CT molecular complexity index is 381. The lowest BCUT2D eigenvalue weighted by molar-refractivity contribution is 0.234. The molecule has 1 aromatic rings. The van der Waals surface area contributed by atoms with E-state index in [1.807, 2.05) is 0 Å². The van der Waals surface area contributed by atoms with Crippen LogP contribution in [-0.2, 0) is 0 Å². The van der Waals surface area contributed by atoms with Crippen LogP contribution in [0.25, 0.3) is 0 Å². The van der Waals surface area contributed by atoms with Gasteiger partial charge < -0.3 is 10.2 Å². The molecule has 2 nitrogen and oxygen atoms in total. The molecule has 1 fully saturated rings. The summed E-state index contributed by atoms with van der Waals surface area (Å²) >= 11 is 0. The van der Waals surface area contributed by atoms with Crippen LogP contribution >= 0.6 is 0 Å². The highest BCUT2D eigenvalue weighted by Crippen LogP contribution is 2.22. The molecule has 0 saturated carbocycles. The van der Waals surface area contributed by atoms with E-state index in [0.717, 1.165) is 13.1 Å². The van der Waals surface area contributed by atoms with Crippen LogP contribution in [0.1, 0.15) is 36.0 Å². The third-order valence-corrected chi connectivity index (χ3v) is 4.19. The molecule has 0 radical (unpaired) electrons. The van der Waals surface area contributed by atoms with Gasteiger partial charge in [-0.1, -0.05) is 25.1 Å². The summed E-state index contributed by atoms with van der Waals surface area (Å²) in [5.41, 5.74) is 4.31. The van der Waals surface area contributed by atoms with Gasteiger partial charge in [-0.3, -0.25) is 0 Å². The molecular formula is C16H26N2. The number of nitrogens with zero attached hydrogens (tertiary/aromatic N) is 1. The average Bonchev–Trinajstić information content (AvgIpc) is 2.40.